The number of carbonyl (C=O) groups is 2. The molecule has 1 aliphatic rings. The van der Waals surface area contributed by atoms with Gasteiger partial charge < -0.3 is 14.7 Å². The molecule has 0 radical (unpaired) electrons. The number of ketones is 1. The SMILES string of the molecule is CCc1ccc(C2C(=C(O)c3cccc(OC)c3)C(=O)C(=O)N2Cc2cccnc2)cc1. The van der Waals surface area contributed by atoms with Gasteiger partial charge in [0.1, 0.15) is 11.5 Å². The summed E-state index contributed by atoms with van der Waals surface area (Å²) in [4.78, 5) is 31.8. The Labute approximate surface area is 186 Å². The lowest BCUT2D eigenvalue weighted by atomic mass is 9.94. The summed E-state index contributed by atoms with van der Waals surface area (Å²) in [7, 11) is 1.53. The van der Waals surface area contributed by atoms with Crippen molar-refractivity contribution in [3.8, 4) is 5.75 Å². The van der Waals surface area contributed by atoms with E-state index in [2.05, 4.69) is 11.9 Å². The summed E-state index contributed by atoms with van der Waals surface area (Å²) >= 11 is 0. The van der Waals surface area contributed by atoms with Crippen molar-refractivity contribution in [3.63, 3.8) is 0 Å². The predicted molar refractivity (Wildman–Crippen MR) is 121 cm³/mol. The molecule has 1 aromatic heterocycles. The smallest absolute Gasteiger partial charge is 0.295 e. The van der Waals surface area contributed by atoms with Crippen LogP contribution in [0.1, 0.15) is 35.2 Å². The fraction of sp³-hybridized carbons (Fsp3) is 0.192. The lowest BCUT2D eigenvalue weighted by molar-refractivity contribution is -0.140. The number of carbonyl (C=O) groups excluding carboxylic acids is 2. The molecule has 1 fully saturated rings. The molecule has 2 heterocycles. The van der Waals surface area contributed by atoms with Crippen LogP contribution in [0.2, 0.25) is 0 Å². The van der Waals surface area contributed by atoms with Crippen molar-refractivity contribution in [2.45, 2.75) is 25.9 Å². The topological polar surface area (TPSA) is 79.7 Å². The molecule has 0 spiro atoms. The number of aromatic nitrogens is 1. The zero-order valence-corrected chi connectivity index (χ0v) is 18.0. The monoisotopic (exact) mass is 428 g/mol. The number of rotatable bonds is 6. The minimum atomic E-state index is -0.715. The average molecular weight is 428 g/mol. The number of methoxy groups -OCH3 is 1. The van der Waals surface area contributed by atoms with Crippen LogP contribution in [0.25, 0.3) is 5.76 Å². The summed E-state index contributed by atoms with van der Waals surface area (Å²) in [6, 6.07) is 17.5. The molecule has 162 valence electrons. The van der Waals surface area contributed by atoms with Gasteiger partial charge in [-0.3, -0.25) is 14.6 Å². The number of ether oxygens (including phenoxy) is 1. The van der Waals surface area contributed by atoms with Gasteiger partial charge in [-0.2, -0.15) is 0 Å². The van der Waals surface area contributed by atoms with E-state index in [4.69, 9.17) is 4.74 Å². The number of hydrogen-bond donors (Lipinski definition) is 1. The van der Waals surface area contributed by atoms with E-state index in [0.29, 0.717) is 11.3 Å². The van der Waals surface area contributed by atoms with E-state index in [1.54, 1.807) is 42.7 Å². The predicted octanol–water partition coefficient (Wildman–Crippen LogP) is 4.27. The molecule has 1 amide bonds. The largest absolute Gasteiger partial charge is 0.507 e. The zero-order chi connectivity index (χ0) is 22.7. The first-order chi connectivity index (χ1) is 15.5. The van der Waals surface area contributed by atoms with Crippen LogP contribution in [0.3, 0.4) is 0 Å². The van der Waals surface area contributed by atoms with Gasteiger partial charge in [0.05, 0.1) is 18.7 Å². The fourth-order valence-electron chi connectivity index (χ4n) is 3.94. The molecule has 0 bridgehead atoms. The van der Waals surface area contributed by atoms with E-state index in [1.165, 1.54) is 12.0 Å². The number of aliphatic hydroxyl groups excluding tert-OH is 1. The van der Waals surface area contributed by atoms with Crippen molar-refractivity contribution in [2.75, 3.05) is 7.11 Å². The first-order valence-corrected chi connectivity index (χ1v) is 10.4. The molecule has 0 aliphatic carbocycles. The molecule has 1 aliphatic heterocycles. The van der Waals surface area contributed by atoms with E-state index in [0.717, 1.165) is 23.1 Å². The molecule has 1 atom stereocenters. The third kappa shape index (κ3) is 3.99. The van der Waals surface area contributed by atoms with Gasteiger partial charge >= 0.3 is 0 Å². The molecule has 1 unspecified atom stereocenters. The van der Waals surface area contributed by atoms with Gasteiger partial charge in [-0.1, -0.05) is 49.4 Å². The number of aliphatic hydroxyl groups is 1. The van der Waals surface area contributed by atoms with Crippen molar-refractivity contribution in [3.05, 3.63) is 101 Å². The summed E-state index contributed by atoms with van der Waals surface area (Å²) in [6.07, 6.45) is 4.19. The Morgan fingerprint density at radius 3 is 2.50 bits per heavy atom. The van der Waals surface area contributed by atoms with Gasteiger partial charge in [0.25, 0.3) is 11.7 Å². The second-order valence-electron chi connectivity index (χ2n) is 7.62. The van der Waals surface area contributed by atoms with E-state index in [1.807, 2.05) is 30.3 Å². The van der Waals surface area contributed by atoms with E-state index < -0.39 is 17.7 Å². The normalized spacial score (nSPS) is 17.6. The average Bonchev–Trinajstić information content (AvgIpc) is 3.09. The Kier molecular flexibility index (Phi) is 6.03. The zero-order valence-electron chi connectivity index (χ0n) is 18.0. The van der Waals surface area contributed by atoms with Crippen LogP contribution in [-0.2, 0) is 22.6 Å². The number of benzene rings is 2. The quantitative estimate of drug-likeness (QED) is 0.360. The Hall–Kier alpha value is -3.93. The molecule has 3 aromatic rings. The highest BCUT2D eigenvalue weighted by atomic mass is 16.5. The Morgan fingerprint density at radius 2 is 1.84 bits per heavy atom. The molecular formula is C26H24N2O4. The number of likely N-dealkylation sites (tertiary alicyclic amines) is 1. The second kappa shape index (κ2) is 9.06. The summed E-state index contributed by atoms with van der Waals surface area (Å²) in [5.41, 5.74) is 3.18. The standard InChI is InChI=1S/C26H24N2O4/c1-3-17-9-11-19(12-10-17)23-22(24(29)20-7-4-8-21(14-20)32-2)25(30)26(31)28(23)16-18-6-5-13-27-15-18/h4-15,23,29H,3,16H2,1-2H3. The molecule has 2 aromatic carbocycles. The highest BCUT2D eigenvalue weighted by Gasteiger charge is 2.46. The van der Waals surface area contributed by atoms with Crippen LogP contribution in [0.4, 0.5) is 0 Å². The highest BCUT2D eigenvalue weighted by Crippen LogP contribution is 2.40. The Bertz CT molecular complexity index is 1170. The molecular weight excluding hydrogens is 404 g/mol. The Balaban J connectivity index is 1.85. The Morgan fingerprint density at radius 1 is 1.06 bits per heavy atom. The lowest BCUT2D eigenvalue weighted by Crippen LogP contribution is -2.29. The van der Waals surface area contributed by atoms with Gasteiger partial charge in [0.2, 0.25) is 0 Å². The first kappa shape index (κ1) is 21.3. The maximum absolute atomic E-state index is 13.1. The van der Waals surface area contributed by atoms with Crippen LogP contribution in [0, 0.1) is 0 Å². The van der Waals surface area contributed by atoms with Gasteiger partial charge in [0, 0.05) is 24.5 Å². The van der Waals surface area contributed by atoms with Crippen molar-refractivity contribution in [2.24, 2.45) is 0 Å². The van der Waals surface area contributed by atoms with Gasteiger partial charge in [-0.25, -0.2) is 0 Å². The van der Waals surface area contributed by atoms with Gasteiger partial charge in [-0.05, 0) is 41.3 Å². The lowest BCUT2D eigenvalue weighted by Gasteiger charge is -2.25. The minimum absolute atomic E-state index is 0.0661. The maximum Gasteiger partial charge on any atom is 0.295 e. The third-order valence-electron chi connectivity index (χ3n) is 5.66. The number of Topliss-reactive ketones (excluding diaryl/α,β-unsaturated/α-hetero) is 1. The molecule has 1 saturated heterocycles. The first-order valence-electron chi connectivity index (χ1n) is 10.4. The van der Waals surface area contributed by atoms with Crippen LogP contribution >= 0.6 is 0 Å². The van der Waals surface area contributed by atoms with Crippen molar-refractivity contribution >= 4 is 17.4 Å². The molecule has 4 rings (SSSR count). The molecule has 1 N–H and O–H groups in total. The number of amides is 1. The van der Waals surface area contributed by atoms with Gasteiger partial charge in [-0.15, -0.1) is 0 Å². The molecule has 32 heavy (non-hydrogen) atoms. The number of pyridine rings is 1. The summed E-state index contributed by atoms with van der Waals surface area (Å²) < 4.78 is 5.25. The summed E-state index contributed by atoms with van der Waals surface area (Å²) in [5, 5.41) is 11.2. The van der Waals surface area contributed by atoms with Crippen molar-refractivity contribution < 1.29 is 19.4 Å². The second-order valence-corrected chi connectivity index (χ2v) is 7.62. The highest BCUT2D eigenvalue weighted by molar-refractivity contribution is 6.46. The molecule has 6 heteroatoms. The molecule has 0 saturated carbocycles. The van der Waals surface area contributed by atoms with E-state index in [-0.39, 0.29) is 17.9 Å². The van der Waals surface area contributed by atoms with E-state index >= 15 is 0 Å². The fourth-order valence-corrected chi connectivity index (χ4v) is 3.94. The summed E-state index contributed by atoms with van der Waals surface area (Å²) in [6.45, 7) is 2.26. The van der Waals surface area contributed by atoms with Crippen molar-refractivity contribution in [1.82, 2.24) is 9.88 Å². The van der Waals surface area contributed by atoms with Crippen LogP contribution in [0.5, 0.6) is 5.75 Å². The van der Waals surface area contributed by atoms with Crippen molar-refractivity contribution in [1.29, 1.82) is 0 Å². The van der Waals surface area contributed by atoms with Gasteiger partial charge in [0.15, 0.2) is 0 Å². The molecule has 6 nitrogen and oxygen atoms in total. The van der Waals surface area contributed by atoms with Crippen LogP contribution in [-0.4, -0.2) is 33.8 Å². The minimum Gasteiger partial charge on any atom is -0.507 e. The third-order valence-corrected chi connectivity index (χ3v) is 5.66. The van der Waals surface area contributed by atoms with Crippen LogP contribution < -0.4 is 4.74 Å². The number of hydrogen-bond acceptors (Lipinski definition) is 5. The van der Waals surface area contributed by atoms with Crippen LogP contribution in [0.15, 0.2) is 78.6 Å². The summed E-state index contributed by atoms with van der Waals surface area (Å²) in [5.74, 6) is -1.04. The number of nitrogens with zero attached hydrogens (tertiary/aromatic N) is 2. The van der Waals surface area contributed by atoms with E-state index in [9.17, 15) is 14.7 Å². The number of aryl methyl sites for hydroxylation is 1. The maximum atomic E-state index is 13.1.